The molecule has 2 aromatic heterocycles. The fourth-order valence-electron chi connectivity index (χ4n) is 0.865. The molecule has 0 spiro atoms. The van der Waals surface area contributed by atoms with Crippen molar-refractivity contribution in [2.45, 2.75) is 0 Å². The van der Waals surface area contributed by atoms with E-state index in [-0.39, 0.29) is 5.89 Å². The molecule has 2 aromatic rings. The lowest BCUT2D eigenvalue weighted by Gasteiger charge is -1.88. The van der Waals surface area contributed by atoms with E-state index < -0.39 is 11.9 Å². The van der Waals surface area contributed by atoms with Gasteiger partial charge in [0.1, 0.15) is 0 Å². The van der Waals surface area contributed by atoms with Crippen molar-refractivity contribution < 1.29 is 14.3 Å². The third kappa shape index (κ3) is 1.55. The van der Waals surface area contributed by atoms with Crippen LogP contribution in [0.2, 0.25) is 0 Å². The second kappa shape index (κ2) is 3.50. The van der Waals surface area contributed by atoms with Gasteiger partial charge in [0.15, 0.2) is 0 Å². The van der Waals surface area contributed by atoms with Gasteiger partial charge in [-0.2, -0.15) is 0 Å². The van der Waals surface area contributed by atoms with E-state index in [1.165, 1.54) is 11.3 Å². The third-order valence-corrected chi connectivity index (χ3v) is 3.14. The SMILES string of the molecule is O=C(O)c1nnc(-c2ccsc2Br)o1. The van der Waals surface area contributed by atoms with Crippen molar-refractivity contribution in [3.8, 4) is 11.5 Å². The highest BCUT2D eigenvalue weighted by atomic mass is 79.9. The Hall–Kier alpha value is -1.21. The molecule has 0 unspecified atom stereocenters. The zero-order chi connectivity index (χ0) is 10.1. The normalized spacial score (nSPS) is 10.4. The van der Waals surface area contributed by atoms with Gasteiger partial charge in [-0.05, 0) is 27.4 Å². The Labute approximate surface area is 90.5 Å². The van der Waals surface area contributed by atoms with Crippen LogP contribution < -0.4 is 0 Å². The molecule has 0 bridgehead atoms. The maximum absolute atomic E-state index is 10.5. The summed E-state index contributed by atoms with van der Waals surface area (Å²) in [6.07, 6.45) is 0. The van der Waals surface area contributed by atoms with Crippen LogP contribution in [0.25, 0.3) is 11.5 Å². The molecule has 0 saturated carbocycles. The second-order valence-electron chi connectivity index (χ2n) is 2.33. The zero-order valence-corrected chi connectivity index (χ0v) is 9.00. The summed E-state index contributed by atoms with van der Waals surface area (Å²) in [6, 6.07) is 1.77. The number of thiophene rings is 1. The average molecular weight is 275 g/mol. The smallest absolute Gasteiger partial charge is 0.393 e. The predicted molar refractivity (Wildman–Crippen MR) is 52.3 cm³/mol. The summed E-state index contributed by atoms with van der Waals surface area (Å²) in [5.41, 5.74) is 0.704. The molecule has 0 saturated heterocycles. The van der Waals surface area contributed by atoms with Crippen molar-refractivity contribution >= 4 is 33.2 Å². The molecule has 1 N–H and O–H groups in total. The van der Waals surface area contributed by atoms with E-state index in [9.17, 15) is 4.79 Å². The molecule has 0 radical (unpaired) electrons. The Morgan fingerprint density at radius 2 is 2.36 bits per heavy atom. The highest BCUT2D eigenvalue weighted by Crippen LogP contribution is 2.31. The maximum Gasteiger partial charge on any atom is 0.393 e. The van der Waals surface area contributed by atoms with Crippen LogP contribution in [0.4, 0.5) is 0 Å². The molecule has 0 aliphatic carbocycles. The number of nitrogens with zero attached hydrogens (tertiary/aromatic N) is 2. The summed E-state index contributed by atoms with van der Waals surface area (Å²) in [5, 5.41) is 17.4. The van der Waals surface area contributed by atoms with E-state index in [0.717, 1.165) is 3.79 Å². The van der Waals surface area contributed by atoms with Gasteiger partial charge >= 0.3 is 11.9 Å². The molecular formula is C7H3BrN2O3S. The van der Waals surface area contributed by atoms with Gasteiger partial charge in [0.25, 0.3) is 0 Å². The minimum absolute atomic E-state index is 0.204. The van der Waals surface area contributed by atoms with Crippen molar-refractivity contribution in [1.29, 1.82) is 0 Å². The van der Waals surface area contributed by atoms with Gasteiger partial charge in [-0.15, -0.1) is 21.5 Å². The lowest BCUT2D eigenvalue weighted by atomic mass is 10.3. The first-order valence-corrected chi connectivity index (χ1v) is 5.16. The summed E-state index contributed by atoms with van der Waals surface area (Å²) < 4.78 is 5.76. The van der Waals surface area contributed by atoms with Crippen molar-refractivity contribution in [3.63, 3.8) is 0 Å². The molecule has 5 nitrogen and oxygen atoms in total. The van der Waals surface area contributed by atoms with E-state index in [0.29, 0.717) is 5.56 Å². The number of hydrogen-bond acceptors (Lipinski definition) is 5. The van der Waals surface area contributed by atoms with E-state index in [1.54, 1.807) is 6.07 Å². The van der Waals surface area contributed by atoms with Gasteiger partial charge in [-0.3, -0.25) is 0 Å². The fourth-order valence-corrected chi connectivity index (χ4v) is 2.10. The third-order valence-electron chi connectivity index (χ3n) is 1.46. The topological polar surface area (TPSA) is 76.2 Å². The van der Waals surface area contributed by atoms with Crippen molar-refractivity contribution in [1.82, 2.24) is 10.2 Å². The number of carboxylic acids is 1. The van der Waals surface area contributed by atoms with Crippen LogP contribution in [0.1, 0.15) is 10.7 Å². The van der Waals surface area contributed by atoms with Crippen molar-refractivity contribution in [2.24, 2.45) is 0 Å². The molecule has 0 fully saturated rings. The van der Waals surface area contributed by atoms with Gasteiger partial charge in [0, 0.05) is 0 Å². The van der Waals surface area contributed by atoms with Crippen molar-refractivity contribution in [2.75, 3.05) is 0 Å². The van der Waals surface area contributed by atoms with Crippen LogP contribution in [0.5, 0.6) is 0 Å². The fraction of sp³-hybridized carbons (Fsp3) is 0. The Morgan fingerprint density at radius 1 is 1.57 bits per heavy atom. The molecule has 2 rings (SSSR count). The van der Waals surface area contributed by atoms with Crippen LogP contribution >= 0.6 is 27.3 Å². The Bertz CT molecular complexity index is 479. The number of carboxylic acid groups (broad SMARTS) is 1. The standard InChI is InChI=1S/C7H3BrN2O3S/c8-4-3(1-2-14-4)5-9-10-6(13-5)7(11)12/h1-2H,(H,11,12). The second-order valence-corrected chi connectivity index (χ2v) is 4.56. The number of halogens is 1. The highest BCUT2D eigenvalue weighted by Gasteiger charge is 2.16. The predicted octanol–water partition coefficient (Wildman–Crippen LogP) is 2.26. The van der Waals surface area contributed by atoms with E-state index in [4.69, 9.17) is 9.52 Å². The maximum atomic E-state index is 10.5. The minimum Gasteiger partial charge on any atom is -0.474 e. The zero-order valence-electron chi connectivity index (χ0n) is 6.60. The summed E-state index contributed by atoms with van der Waals surface area (Å²) >= 11 is 4.75. The number of aromatic carboxylic acids is 1. The van der Waals surface area contributed by atoms with E-state index in [1.807, 2.05) is 5.38 Å². The number of rotatable bonds is 2. The number of carbonyl (C=O) groups is 1. The molecule has 72 valence electrons. The van der Waals surface area contributed by atoms with Crippen molar-refractivity contribution in [3.05, 3.63) is 21.1 Å². The molecule has 0 aromatic carbocycles. The number of aromatic nitrogens is 2. The molecule has 0 aliphatic heterocycles. The first-order chi connectivity index (χ1) is 6.68. The van der Waals surface area contributed by atoms with Gasteiger partial charge in [0.2, 0.25) is 5.89 Å². The lowest BCUT2D eigenvalue weighted by molar-refractivity contribution is 0.0654. The van der Waals surface area contributed by atoms with E-state index >= 15 is 0 Å². The largest absolute Gasteiger partial charge is 0.474 e. The first kappa shape index (κ1) is 9.35. The lowest BCUT2D eigenvalue weighted by Crippen LogP contribution is -1.95. The van der Waals surface area contributed by atoms with Crippen LogP contribution in [0, 0.1) is 0 Å². The summed E-state index contributed by atoms with van der Waals surface area (Å²) in [5.74, 6) is -1.43. The molecule has 7 heteroatoms. The quantitative estimate of drug-likeness (QED) is 0.909. The van der Waals surface area contributed by atoms with Gasteiger partial charge in [0.05, 0.1) is 9.35 Å². The monoisotopic (exact) mass is 274 g/mol. The Kier molecular flexibility index (Phi) is 2.34. The van der Waals surface area contributed by atoms with Gasteiger partial charge in [-0.25, -0.2) is 4.79 Å². The Balaban J connectivity index is 2.43. The molecule has 14 heavy (non-hydrogen) atoms. The van der Waals surface area contributed by atoms with Crippen LogP contribution in [-0.4, -0.2) is 21.3 Å². The van der Waals surface area contributed by atoms with Crippen LogP contribution in [0.3, 0.4) is 0 Å². The average Bonchev–Trinajstić information content (AvgIpc) is 2.71. The molecule has 2 heterocycles. The number of hydrogen-bond donors (Lipinski definition) is 1. The van der Waals surface area contributed by atoms with E-state index in [2.05, 4.69) is 26.1 Å². The van der Waals surface area contributed by atoms with Crippen LogP contribution in [-0.2, 0) is 0 Å². The molecule has 0 amide bonds. The summed E-state index contributed by atoms with van der Waals surface area (Å²) in [4.78, 5) is 10.5. The minimum atomic E-state index is -1.23. The Morgan fingerprint density at radius 3 is 2.86 bits per heavy atom. The first-order valence-electron chi connectivity index (χ1n) is 3.48. The van der Waals surface area contributed by atoms with Gasteiger partial charge < -0.3 is 9.52 Å². The summed E-state index contributed by atoms with van der Waals surface area (Å²) in [6.45, 7) is 0. The summed E-state index contributed by atoms with van der Waals surface area (Å²) in [7, 11) is 0. The molecule has 0 atom stereocenters. The molecular weight excluding hydrogens is 272 g/mol. The van der Waals surface area contributed by atoms with Crippen LogP contribution in [0.15, 0.2) is 19.6 Å². The molecule has 0 aliphatic rings. The highest BCUT2D eigenvalue weighted by molar-refractivity contribution is 9.11. The van der Waals surface area contributed by atoms with Gasteiger partial charge in [-0.1, -0.05) is 0 Å².